The summed E-state index contributed by atoms with van der Waals surface area (Å²) in [4.78, 5) is 26.7. The number of benzene rings is 2. The minimum atomic E-state index is -0.778. The van der Waals surface area contributed by atoms with Crippen molar-refractivity contribution < 1.29 is 14.3 Å². The van der Waals surface area contributed by atoms with Gasteiger partial charge in [-0.1, -0.05) is 42.5 Å². The Bertz CT molecular complexity index is 762. The van der Waals surface area contributed by atoms with E-state index in [1.165, 1.54) is 0 Å². The van der Waals surface area contributed by atoms with Crippen molar-refractivity contribution in [3.8, 4) is 5.75 Å². The molecule has 0 spiro atoms. The van der Waals surface area contributed by atoms with Gasteiger partial charge in [0.15, 0.2) is 0 Å². The van der Waals surface area contributed by atoms with Crippen molar-refractivity contribution in [2.75, 3.05) is 13.7 Å². The molecule has 0 aliphatic carbocycles. The summed E-state index contributed by atoms with van der Waals surface area (Å²) in [6.07, 6.45) is 0.586. The van der Waals surface area contributed by atoms with Gasteiger partial charge in [0.1, 0.15) is 17.8 Å². The summed E-state index contributed by atoms with van der Waals surface area (Å²) in [6.45, 7) is 1.12. The van der Waals surface area contributed by atoms with Crippen molar-refractivity contribution in [2.45, 2.75) is 25.0 Å². The molecule has 0 radical (unpaired) electrons. The highest BCUT2D eigenvalue weighted by Crippen LogP contribution is 2.18. The van der Waals surface area contributed by atoms with Gasteiger partial charge in [0, 0.05) is 13.1 Å². The number of ether oxygens (including phenoxy) is 1. The van der Waals surface area contributed by atoms with Crippen molar-refractivity contribution in [1.29, 1.82) is 0 Å². The number of methoxy groups -OCH3 is 1. The number of nitrogens with one attached hydrogen (secondary N) is 1. The first kappa shape index (κ1) is 17.9. The van der Waals surface area contributed by atoms with Crippen LogP contribution in [0.3, 0.4) is 0 Å². The standard InChI is InChI=1S/C20H23N3O3/c1-26-16-9-7-14(8-10-16)13-23-12-11-17(20(23)25)22-19(24)18(21)15-5-3-2-4-6-15/h2-10,17-18H,11-13,21H2,1H3,(H,22,24). The molecular weight excluding hydrogens is 330 g/mol. The predicted molar refractivity (Wildman–Crippen MR) is 98.3 cm³/mol. The summed E-state index contributed by atoms with van der Waals surface area (Å²) in [6, 6.07) is 15.4. The van der Waals surface area contributed by atoms with Gasteiger partial charge in [0.05, 0.1) is 7.11 Å². The highest BCUT2D eigenvalue weighted by Gasteiger charge is 2.33. The van der Waals surface area contributed by atoms with E-state index in [9.17, 15) is 9.59 Å². The Morgan fingerprint density at radius 1 is 1.23 bits per heavy atom. The molecule has 0 saturated carbocycles. The third kappa shape index (κ3) is 4.03. The molecule has 6 nitrogen and oxygen atoms in total. The van der Waals surface area contributed by atoms with Crippen molar-refractivity contribution in [3.05, 3.63) is 65.7 Å². The average Bonchev–Trinajstić information content (AvgIpc) is 3.02. The van der Waals surface area contributed by atoms with Crippen LogP contribution in [0.25, 0.3) is 0 Å². The van der Waals surface area contributed by atoms with Gasteiger partial charge in [0.2, 0.25) is 11.8 Å². The summed E-state index contributed by atoms with van der Waals surface area (Å²) in [5.41, 5.74) is 7.75. The molecule has 0 bridgehead atoms. The minimum absolute atomic E-state index is 0.0746. The zero-order valence-electron chi connectivity index (χ0n) is 14.7. The molecule has 136 valence electrons. The Kier molecular flexibility index (Phi) is 5.53. The molecule has 6 heteroatoms. The zero-order chi connectivity index (χ0) is 18.5. The Morgan fingerprint density at radius 3 is 2.58 bits per heavy atom. The maximum atomic E-state index is 12.6. The molecule has 1 fully saturated rings. The fourth-order valence-electron chi connectivity index (χ4n) is 3.05. The van der Waals surface area contributed by atoms with Gasteiger partial charge in [-0.2, -0.15) is 0 Å². The van der Waals surface area contributed by atoms with Crippen LogP contribution >= 0.6 is 0 Å². The van der Waals surface area contributed by atoms with E-state index < -0.39 is 12.1 Å². The van der Waals surface area contributed by atoms with Gasteiger partial charge in [0.25, 0.3) is 0 Å². The fourth-order valence-corrected chi connectivity index (χ4v) is 3.05. The highest BCUT2D eigenvalue weighted by atomic mass is 16.5. The van der Waals surface area contributed by atoms with E-state index in [1.54, 1.807) is 24.1 Å². The third-order valence-electron chi connectivity index (χ3n) is 4.59. The second-order valence-corrected chi connectivity index (χ2v) is 6.35. The van der Waals surface area contributed by atoms with E-state index in [-0.39, 0.29) is 11.8 Å². The molecule has 1 heterocycles. The molecule has 2 atom stereocenters. The van der Waals surface area contributed by atoms with Gasteiger partial charge in [-0.3, -0.25) is 9.59 Å². The van der Waals surface area contributed by atoms with Crippen LogP contribution in [0.5, 0.6) is 5.75 Å². The predicted octanol–water partition coefficient (Wildman–Crippen LogP) is 1.61. The maximum absolute atomic E-state index is 12.6. The van der Waals surface area contributed by atoms with Crippen LogP contribution in [0.4, 0.5) is 0 Å². The van der Waals surface area contributed by atoms with Crippen molar-refractivity contribution in [2.24, 2.45) is 5.73 Å². The summed E-state index contributed by atoms with van der Waals surface area (Å²) in [7, 11) is 1.62. The molecule has 2 unspecified atom stereocenters. The number of hydrogen-bond donors (Lipinski definition) is 2. The maximum Gasteiger partial charge on any atom is 0.245 e. The minimum Gasteiger partial charge on any atom is -0.497 e. The second-order valence-electron chi connectivity index (χ2n) is 6.35. The highest BCUT2D eigenvalue weighted by molar-refractivity contribution is 5.91. The van der Waals surface area contributed by atoms with Gasteiger partial charge < -0.3 is 20.7 Å². The van der Waals surface area contributed by atoms with Gasteiger partial charge in [-0.25, -0.2) is 0 Å². The molecule has 26 heavy (non-hydrogen) atoms. The summed E-state index contributed by atoms with van der Waals surface area (Å²) >= 11 is 0. The van der Waals surface area contributed by atoms with E-state index >= 15 is 0 Å². The Hall–Kier alpha value is -2.86. The fraction of sp³-hybridized carbons (Fsp3) is 0.300. The monoisotopic (exact) mass is 353 g/mol. The lowest BCUT2D eigenvalue weighted by atomic mass is 10.1. The first-order valence-electron chi connectivity index (χ1n) is 8.61. The molecule has 1 saturated heterocycles. The van der Waals surface area contributed by atoms with E-state index in [0.29, 0.717) is 19.5 Å². The normalized spacial score (nSPS) is 17.8. The molecule has 2 aromatic rings. The molecule has 1 aliphatic heterocycles. The Morgan fingerprint density at radius 2 is 1.92 bits per heavy atom. The molecule has 2 aromatic carbocycles. The first-order chi connectivity index (χ1) is 12.6. The van der Waals surface area contributed by atoms with Crippen LogP contribution in [0.1, 0.15) is 23.6 Å². The van der Waals surface area contributed by atoms with Gasteiger partial charge >= 0.3 is 0 Å². The number of likely N-dealkylation sites (tertiary alicyclic amines) is 1. The lowest BCUT2D eigenvalue weighted by Gasteiger charge is -2.19. The number of hydrogen-bond acceptors (Lipinski definition) is 4. The molecule has 3 N–H and O–H groups in total. The van der Waals surface area contributed by atoms with Crippen molar-refractivity contribution in [1.82, 2.24) is 10.2 Å². The number of carbonyl (C=O) groups is 2. The van der Waals surface area contributed by atoms with Crippen LogP contribution in [0.2, 0.25) is 0 Å². The number of amides is 2. The van der Waals surface area contributed by atoms with Crippen LogP contribution in [0.15, 0.2) is 54.6 Å². The SMILES string of the molecule is COc1ccc(CN2CCC(NC(=O)C(N)c3ccccc3)C2=O)cc1. The van der Waals surface area contributed by atoms with E-state index in [4.69, 9.17) is 10.5 Å². The topological polar surface area (TPSA) is 84.7 Å². The van der Waals surface area contributed by atoms with E-state index in [1.807, 2.05) is 42.5 Å². The van der Waals surface area contributed by atoms with E-state index in [0.717, 1.165) is 16.9 Å². The quantitative estimate of drug-likeness (QED) is 0.826. The number of nitrogens with zero attached hydrogens (tertiary/aromatic N) is 1. The van der Waals surface area contributed by atoms with E-state index in [2.05, 4.69) is 5.32 Å². The van der Waals surface area contributed by atoms with Crippen LogP contribution in [-0.4, -0.2) is 36.4 Å². The lowest BCUT2D eigenvalue weighted by Crippen LogP contribution is -2.45. The van der Waals surface area contributed by atoms with Crippen molar-refractivity contribution >= 4 is 11.8 Å². The number of nitrogens with two attached hydrogens (primary N) is 1. The summed E-state index contributed by atoms with van der Waals surface area (Å²) in [5.74, 6) is 0.372. The molecular formula is C20H23N3O3. The number of rotatable bonds is 6. The van der Waals surface area contributed by atoms with Crippen molar-refractivity contribution in [3.63, 3.8) is 0 Å². The summed E-state index contributed by atoms with van der Waals surface area (Å²) in [5, 5.41) is 2.79. The van der Waals surface area contributed by atoms with Gasteiger partial charge in [-0.05, 0) is 29.7 Å². The average molecular weight is 353 g/mol. The van der Waals surface area contributed by atoms with Crippen LogP contribution in [-0.2, 0) is 16.1 Å². The molecule has 0 aromatic heterocycles. The van der Waals surface area contributed by atoms with Gasteiger partial charge in [-0.15, -0.1) is 0 Å². The Balaban J connectivity index is 1.57. The molecule has 3 rings (SSSR count). The largest absolute Gasteiger partial charge is 0.497 e. The second kappa shape index (κ2) is 8.01. The number of carbonyl (C=O) groups excluding carboxylic acids is 2. The summed E-state index contributed by atoms with van der Waals surface area (Å²) < 4.78 is 5.14. The smallest absolute Gasteiger partial charge is 0.245 e. The van der Waals surface area contributed by atoms with Crippen LogP contribution < -0.4 is 15.8 Å². The molecule has 1 aliphatic rings. The lowest BCUT2D eigenvalue weighted by molar-refractivity contribution is -0.133. The molecule has 2 amide bonds. The zero-order valence-corrected chi connectivity index (χ0v) is 14.7. The Labute approximate surface area is 152 Å². The third-order valence-corrected chi connectivity index (χ3v) is 4.59. The first-order valence-corrected chi connectivity index (χ1v) is 8.61. The van der Waals surface area contributed by atoms with Crippen LogP contribution in [0, 0.1) is 0 Å².